The van der Waals surface area contributed by atoms with Gasteiger partial charge in [0.15, 0.2) is 11.4 Å². The van der Waals surface area contributed by atoms with Gasteiger partial charge < -0.3 is 20.5 Å². The second-order valence-corrected chi connectivity index (χ2v) is 10.9. The third-order valence-electron chi connectivity index (χ3n) is 6.50. The lowest BCUT2D eigenvalue weighted by atomic mass is 9.86. The van der Waals surface area contributed by atoms with Crippen molar-refractivity contribution in [2.24, 2.45) is 11.1 Å². The van der Waals surface area contributed by atoms with Crippen molar-refractivity contribution >= 4 is 38.6 Å². The van der Waals surface area contributed by atoms with E-state index in [-0.39, 0.29) is 23.6 Å². The molecule has 1 saturated heterocycles. The number of primary sulfonamides is 1. The number of nitrogens with zero attached hydrogens (tertiary/aromatic N) is 2. The Hall–Kier alpha value is -2.66. The molecule has 0 unspecified atom stereocenters. The maximum atomic E-state index is 12.8. The fraction of sp³-hybridized carbons (Fsp3) is 0.609. The zero-order valence-corrected chi connectivity index (χ0v) is 20.5. The molecule has 5 N–H and O–H groups in total. The Bertz CT molecular complexity index is 1090. The molecule has 2 aliphatic rings. The molecule has 2 amide bonds. The SMILES string of the molecule is CCS(N)(=O)=O.Nc1noc2cc(CNC(=O)[C@@H]3CCCN3C(=O)CC3CCCCC3)ccc12. The van der Waals surface area contributed by atoms with Crippen LogP contribution in [0.1, 0.15) is 63.9 Å². The quantitative estimate of drug-likeness (QED) is 0.556. The lowest BCUT2D eigenvalue weighted by Gasteiger charge is -2.27. The third-order valence-corrected chi connectivity index (χ3v) is 7.30. The van der Waals surface area contributed by atoms with E-state index in [9.17, 15) is 18.0 Å². The van der Waals surface area contributed by atoms with Crippen LogP contribution in [0, 0.1) is 5.92 Å². The highest BCUT2D eigenvalue weighted by molar-refractivity contribution is 7.89. The minimum atomic E-state index is -3.16. The number of nitrogen functional groups attached to an aromatic ring is 1. The van der Waals surface area contributed by atoms with E-state index >= 15 is 0 Å². The van der Waals surface area contributed by atoms with Gasteiger partial charge in [-0.05, 0) is 56.2 Å². The van der Waals surface area contributed by atoms with Crippen molar-refractivity contribution in [3.05, 3.63) is 23.8 Å². The number of carbonyl (C=O) groups excluding carboxylic acids is 2. The van der Waals surface area contributed by atoms with Crippen molar-refractivity contribution in [3.63, 3.8) is 0 Å². The summed E-state index contributed by atoms with van der Waals surface area (Å²) in [6.07, 6.45) is 8.24. The summed E-state index contributed by atoms with van der Waals surface area (Å²) in [5.41, 5.74) is 7.25. The average Bonchev–Trinajstić information content (AvgIpc) is 3.45. The Morgan fingerprint density at radius 2 is 1.88 bits per heavy atom. The number of sulfonamides is 1. The summed E-state index contributed by atoms with van der Waals surface area (Å²) in [6.45, 7) is 2.57. The number of rotatable bonds is 6. The molecule has 4 rings (SSSR count). The number of likely N-dealkylation sites (tertiary alicyclic amines) is 1. The molecule has 0 spiro atoms. The van der Waals surface area contributed by atoms with E-state index in [1.165, 1.54) is 26.2 Å². The first kappa shape index (κ1) is 26.0. The summed E-state index contributed by atoms with van der Waals surface area (Å²) in [5.74, 6) is 0.942. The highest BCUT2D eigenvalue weighted by Crippen LogP contribution is 2.28. The lowest BCUT2D eigenvalue weighted by molar-refractivity contribution is -0.139. The maximum absolute atomic E-state index is 12.8. The van der Waals surface area contributed by atoms with Crippen LogP contribution in [0.4, 0.5) is 5.82 Å². The number of hydrogen-bond acceptors (Lipinski definition) is 7. The lowest BCUT2D eigenvalue weighted by Crippen LogP contribution is -2.46. The van der Waals surface area contributed by atoms with Crippen molar-refractivity contribution < 1.29 is 22.5 Å². The van der Waals surface area contributed by atoms with Crippen molar-refractivity contribution in [1.29, 1.82) is 0 Å². The Morgan fingerprint density at radius 1 is 1.18 bits per heavy atom. The van der Waals surface area contributed by atoms with Crippen molar-refractivity contribution in [2.75, 3.05) is 18.0 Å². The molecule has 1 saturated carbocycles. The Morgan fingerprint density at radius 3 is 2.56 bits per heavy atom. The number of benzene rings is 1. The smallest absolute Gasteiger partial charge is 0.243 e. The molecule has 10 nitrogen and oxygen atoms in total. The monoisotopic (exact) mass is 493 g/mol. The van der Waals surface area contributed by atoms with E-state index in [0.717, 1.165) is 36.6 Å². The average molecular weight is 494 g/mol. The Kier molecular flexibility index (Phi) is 8.90. The summed E-state index contributed by atoms with van der Waals surface area (Å²) in [4.78, 5) is 27.3. The molecule has 1 aromatic heterocycles. The molecular formula is C23H35N5O5S. The van der Waals surface area contributed by atoms with Gasteiger partial charge in [0.05, 0.1) is 11.1 Å². The predicted molar refractivity (Wildman–Crippen MR) is 130 cm³/mol. The summed E-state index contributed by atoms with van der Waals surface area (Å²) in [6, 6.07) is 5.23. The number of nitrogens with two attached hydrogens (primary N) is 2. The van der Waals surface area contributed by atoms with Crippen LogP contribution in [0.5, 0.6) is 0 Å². The van der Waals surface area contributed by atoms with E-state index in [0.29, 0.717) is 36.8 Å². The standard InChI is InChI=1S/C21H28N4O3.C2H7NO2S/c22-20-16-9-8-15(11-18(16)28-24-20)13-23-21(27)17-7-4-10-25(17)19(26)12-14-5-2-1-3-6-14;1-2-6(3,4)5/h8-9,11,14,17H,1-7,10,12-13H2,(H2,22,24)(H,23,27);2H2,1H3,(H2,3,4,5)/t17-;/m0./s1. The molecule has 0 radical (unpaired) electrons. The highest BCUT2D eigenvalue weighted by Gasteiger charge is 2.34. The topological polar surface area (TPSA) is 162 Å². The van der Waals surface area contributed by atoms with Gasteiger partial charge >= 0.3 is 0 Å². The fourth-order valence-electron chi connectivity index (χ4n) is 4.51. The summed E-state index contributed by atoms with van der Waals surface area (Å²) < 4.78 is 24.7. The highest BCUT2D eigenvalue weighted by atomic mass is 32.2. The van der Waals surface area contributed by atoms with Gasteiger partial charge in [-0.25, -0.2) is 13.6 Å². The van der Waals surface area contributed by atoms with Gasteiger partial charge in [0.2, 0.25) is 21.8 Å². The van der Waals surface area contributed by atoms with Crippen molar-refractivity contribution in [2.45, 2.75) is 70.9 Å². The number of anilines is 1. The molecule has 2 aromatic rings. The van der Waals surface area contributed by atoms with Crippen LogP contribution in [0.3, 0.4) is 0 Å². The zero-order chi connectivity index (χ0) is 24.7. The molecule has 2 fully saturated rings. The molecule has 1 aliphatic heterocycles. The largest absolute Gasteiger partial charge is 0.380 e. The summed E-state index contributed by atoms with van der Waals surface area (Å²) in [5, 5.41) is 12.0. The Balaban J connectivity index is 0.000000481. The minimum absolute atomic E-state index is 0.0208. The number of fused-ring (bicyclic) bond motifs is 1. The van der Waals surface area contributed by atoms with Gasteiger partial charge in [0.25, 0.3) is 0 Å². The first-order chi connectivity index (χ1) is 16.2. The van der Waals surface area contributed by atoms with E-state index < -0.39 is 10.0 Å². The van der Waals surface area contributed by atoms with E-state index in [1.54, 1.807) is 4.90 Å². The van der Waals surface area contributed by atoms with E-state index in [2.05, 4.69) is 15.6 Å². The van der Waals surface area contributed by atoms with Gasteiger partial charge in [-0.3, -0.25) is 9.59 Å². The second-order valence-electron chi connectivity index (χ2n) is 9.02. The zero-order valence-electron chi connectivity index (χ0n) is 19.7. The maximum Gasteiger partial charge on any atom is 0.243 e. The first-order valence-corrected chi connectivity index (χ1v) is 13.6. The molecule has 1 atom stereocenters. The van der Waals surface area contributed by atoms with Gasteiger partial charge in [0.1, 0.15) is 6.04 Å². The Labute approximate surface area is 200 Å². The number of hydrogen-bond donors (Lipinski definition) is 3. The molecule has 0 bridgehead atoms. The first-order valence-electron chi connectivity index (χ1n) is 11.9. The van der Waals surface area contributed by atoms with Gasteiger partial charge in [0, 0.05) is 19.5 Å². The number of amides is 2. The van der Waals surface area contributed by atoms with E-state index in [1.807, 2.05) is 18.2 Å². The third kappa shape index (κ3) is 7.17. The van der Waals surface area contributed by atoms with Gasteiger partial charge in [-0.1, -0.05) is 30.5 Å². The van der Waals surface area contributed by atoms with Crippen molar-refractivity contribution in [1.82, 2.24) is 15.4 Å². The number of carbonyl (C=O) groups is 2. The van der Waals surface area contributed by atoms with Crippen LogP contribution in [0.25, 0.3) is 11.0 Å². The normalized spacial score (nSPS) is 19.0. The molecule has 188 valence electrons. The van der Waals surface area contributed by atoms with Crippen LogP contribution in [-0.4, -0.2) is 48.6 Å². The molecule has 1 aliphatic carbocycles. The van der Waals surface area contributed by atoms with Crippen LogP contribution in [-0.2, 0) is 26.2 Å². The van der Waals surface area contributed by atoms with Crippen LogP contribution < -0.4 is 16.2 Å². The van der Waals surface area contributed by atoms with Crippen LogP contribution in [0.15, 0.2) is 22.7 Å². The number of nitrogens with one attached hydrogen (secondary N) is 1. The number of aromatic nitrogens is 1. The second kappa shape index (κ2) is 11.7. The van der Waals surface area contributed by atoms with Crippen LogP contribution in [0.2, 0.25) is 0 Å². The molecular weight excluding hydrogens is 458 g/mol. The van der Waals surface area contributed by atoms with Gasteiger partial charge in [-0.15, -0.1) is 0 Å². The fourth-order valence-corrected chi connectivity index (χ4v) is 4.51. The summed E-state index contributed by atoms with van der Waals surface area (Å²) in [7, 11) is -3.16. The van der Waals surface area contributed by atoms with Crippen LogP contribution >= 0.6 is 0 Å². The summed E-state index contributed by atoms with van der Waals surface area (Å²) >= 11 is 0. The molecule has 1 aromatic carbocycles. The minimum Gasteiger partial charge on any atom is -0.380 e. The molecule has 11 heteroatoms. The van der Waals surface area contributed by atoms with E-state index in [4.69, 9.17) is 10.3 Å². The molecule has 34 heavy (non-hydrogen) atoms. The van der Waals surface area contributed by atoms with Gasteiger partial charge in [-0.2, -0.15) is 0 Å². The molecule has 2 heterocycles. The van der Waals surface area contributed by atoms with Crippen molar-refractivity contribution in [3.8, 4) is 0 Å². The predicted octanol–water partition coefficient (Wildman–Crippen LogP) is 2.28.